The fourth-order valence-corrected chi connectivity index (χ4v) is 5.49. The van der Waals surface area contributed by atoms with Crippen molar-refractivity contribution >= 4 is 46.5 Å². The second-order valence-electron chi connectivity index (χ2n) is 9.54. The summed E-state index contributed by atoms with van der Waals surface area (Å²) in [5.74, 6) is -2.15. The van der Waals surface area contributed by atoms with Crippen molar-refractivity contribution in [2.45, 2.75) is 19.8 Å². The lowest BCUT2D eigenvalue weighted by Crippen LogP contribution is -2.47. The zero-order valence-corrected chi connectivity index (χ0v) is 23.9. The highest BCUT2D eigenvalue weighted by atomic mass is 35.5. The number of rotatable bonds is 8. The number of nitrogens with zero attached hydrogens (tertiary/aromatic N) is 3. The van der Waals surface area contributed by atoms with Gasteiger partial charge in [-0.3, -0.25) is 15.0 Å². The Hall–Kier alpha value is -3.60. The summed E-state index contributed by atoms with van der Waals surface area (Å²) in [5, 5.41) is 15.8. The molecule has 2 aromatic carbocycles. The van der Waals surface area contributed by atoms with E-state index in [1.807, 2.05) is 6.07 Å². The van der Waals surface area contributed by atoms with E-state index in [1.165, 1.54) is 25.3 Å². The van der Waals surface area contributed by atoms with Crippen LogP contribution < -0.4 is 10.2 Å². The number of hydrogen-bond acceptors (Lipinski definition) is 9. The van der Waals surface area contributed by atoms with Crippen LogP contribution in [0.3, 0.4) is 0 Å². The van der Waals surface area contributed by atoms with Crippen LogP contribution in [0, 0.1) is 10.1 Å². The minimum Gasteiger partial charge on any atom is -0.466 e. The molecule has 40 heavy (non-hydrogen) atoms. The molecule has 0 saturated carbocycles. The zero-order chi connectivity index (χ0) is 29.0. The summed E-state index contributed by atoms with van der Waals surface area (Å²) in [6, 6.07) is 11.3. The number of nitro groups is 1. The van der Waals surface area contributed by atoms with Gasteiger partial charge in [0.15, 0.2) is 0 Å². The number of piperazine rings is 1. The quantitative estimate of drug-likeness (QED) is 0.267. The molecule has 1 saturated heterocycles. The van der Waals surface area contributed by atoms with Crippen molar-refractivity contribution in [2.24, 2.45) is 0 Å². The number of esters is 2. The van der Waals surface area contributed by atoms with Crippen LogP contribution in [-0.4, -0.2) is 68.2 Å². The fraction of sp³-hybridized carbons (Fsp3) is 0.357. The lowest BCUT2D eigenvalue weighted by atomic mass is 9.80. The summed E-state index contributed by atoms with van der Waals surface area (Å²) < 4.78 is 10.7. The van der Waals surface area contributed by atoms with E-state index in [9.17, 15) is 19.7 Å². The predicted octanol–water partition coefficient (Wildman–Crippen LogP) is 4.67. The summed E-state index contributed by atoms with van der Waals surface area (Å²) in [6.45, 7) is 7.02. The number of methoxy groups -OCH3 is 1. The van der Waals surface area contributed by atoms with Crippen molar-refractivity contribution < 1.29 is 24.0 Å². The van der Waals surface area contributed by atoms with Gasteiger partial charge in [0, 0.05) is 61.3 Å². The molecule has 1 unspecified atom stereocenters. The van der Waals surface area contributed by atoms with E-state index in [0.717, 1.165) is 31.9 Å². The highest BCUT2D eigenvalue weighted by Gasteiger charge is 2.38. The number of carbonyl (C=O) groups is 2. The van der Waals surface area contributed by atoms with Crippen molar-refractivity contribution in [2.75, 3.05) is 51.3 Å². The number of halogens is 2. The van der Waals surface area contributed by atoms with Gasteiger partial charge in [-0.2, -0.15) is 0 Å². The largest absolute Gasteiger partial charge is 0.466 e. The average molecular weight is 589 g/mol. The average Bonchev–Trinajstić information content (AvgIpc) is 2.94. The van der Waals surface area contributed by atoms with Gasteiger partial charge in [-0.15, -0.1) is 0 Å². The lowest BCUT2D eigenvalue weighted by molar-refractivity contribution is -0.384. The van der Waals surface area contributed by atoms with E-state index in [-0.39, 0.29) is 23.4 Å². The van der Waals surface area contributed by atoms with Gasteiger partial charge >= 0.3 is 11.9 Å². The third-order valence-electron chi connectivity index (χ3n) is 7.06. The lowest BCUT2D eigenvalue weighted by Gasteiger charge is -2.36. The van der Waals surface area contributed by atoms with Crippen LogP contribution in [-0.2, 0) is 19.1 Å². The van der Waals surface area contributed by atoms with Crippen LogP contribution >= 0.6 is 23.2 Å². The maximum atomic E-state index is 13.4. The molecule has 2 aliphatic rings. The zero-order valence-electron chi connectivity index (χ0n) is 22.4. The molecule has 1 atom stereocenters. The number of nitro benzene ring substituents is 1. The Morgan fingerprint density at radius 3 is 2.35 bits per heavy atom. The van der Waals surface area contributed by atoms with E-state index in [4.69, 9.17) is 32.7 Å². The summed E-state index contributed by atoms with van der Waals surface area (Å²) in [7, 11) is 1.25. The van der Waals surface area contributed by atoms with Gasteiger partial charge in [-0.1, -0.05) is 35.3 Å². The van der Waals surface area contributed by atoms with E-state index in [2.05, 4.69) is 15.1 Å². The van der Waals surface area contributed by atoms with Crippen LogP contribution in [0.2, 0.25) is 10.0 Å². The maximum absolute atomic E-state index is 13.4. The van der Waals surface area contributed by atoms with Crippen molar-refractivity contribution in [3.05, 3.63) is 90.7 Å². The fourth-order valence-electron chi connectivity index (χ4n) is 5.08. The van der Waals surface area contributed by atoms with Gasteiger partial charge in [0.1, 0.15) is 6.61 Å². The molecular formula is C28H30Cl2N4O6. The van der Waals surface area contributed by atoms with Crippen molar-refractivity contribution in [3.63, 3.8) is 0 Å². The summed E-state index contributed by atoms with van der Waals surface area (Å²) in [5.41, 5.74) is 2.54. The van der Waals surface area contributed by atoms with Crippen molar-refractivity contribution in [1.29, 1.82) is 0 Å². The molecular weight excluding hydrogens is 559 g/mol. The first-order chi connectivity index (χ1) is 19.1. The van der Waals surface area contributed by atoms with Gasteiger partial charge in [-0.25, -0.2) is 9.59 Å². The number of carbonyl (C=O) groups excluding carboxylic acids is 2. The molecule has 2 aliphatic heterocycles. The Kier molecular flexibility index (Phi) is 9.34. The van der Waals surface area contributed by atoms with Gasteiger partial charge in [0.05, 0.1) is 39.8 Å². The molecule has 12 heteroatoms. The molecule has 2 heterocycles. The number of dihydropyridines is 1. The summed E-state index contributed by atoms with van der Waals surface area (Å²) in [6.07, 6.45) is 0. The molecule has 1 fully saturated rings. The van der Waals surface area contributed by atoms with Crippen LogP contribution in [0.4, 0.5) is 11.4 Å². The van der Waals surface area contributed by atoms with E-state index in [1.54, 1.807) is 32.0 Å². The molecule has 0 spiro atoms. The standard InChI is InChI=1S/C28H30Cl2N4O6/c1-17-24(27(35)39-3)26(19-5-4-6-21(15-19)34(37)38)25(18(2)31-17)28(36)40-14-13-32-9-11-33(12-10-32)23-16-20(29)7-8-22(23)30/h4-8,15-16,26,31H,9-14H2,1-3H3. The topological polar surface area (TPSA) is 114 Å². The monoisotopic (exact) mass is 588 g/mol. The minimum absolute atomic E-state index is 0.130. The van der Waals surface area contributed by atoms with Gasteiger partial charge in [0.25, 0.3) is 5.69 Å². The van der Waals surface area contributed by atoms with Crippen molar-refractivity contribution in [3.8, 4) is 0 Å². The second-order valence-corrected chi connectivity index (χ2v) is 10.4. The minimum atomic E-state index is -0.896. The molecule has 0 bridgehead atoms. The molecule has 0 aliphatic carbocycles. The molecule has 0 aromatic heterocycles. The molecule has 0 radical (unpaired) electrons. The number of ether oxygens (including phenoxy) is 2. The Bertz CT molecular complexity index is 1380. The number of allylic oxidation sites excluding steroid dienone is 2. The van der Waals surface area contributed by atoms with Crippen LogP contribution in [0.1, 0.15) is 25.3 Å². The first kappa shape index (κ1) is 29.4. The summed E-state index contributed by atoms with van der Waals surface area (Å²) in [4.78, 5) is 41.5. The molecule has 4 rings (SSSR count). The van der Waals surface area contributed by atoms with E-state index < -0.39 is 22.8 Å². The van der Waals surface area contributed by atoms with Gasteiger partial charge < -0.3 is 19.7 Å². The smallest absolute Gasteiger partial charge is 0.336 e. The summed E-state index contributed by atoms with van der Waals surface area (Å²) >= 11 is 12.5. The molecule has 0 amide bonds. The molecule has 212 valence electrons. The van der Waals surface area contributed by atoms with Crippen molar-refractivity contribution in [1.82, 2.24) is 10.2 Å². The normalized spacial score (nSPS) is 17.9. The Morgan fingerprint density at radius 2 is 1.70 bits per heavy atom. The third kappa shape index (κ3) is 6.41. The number of hydrogen-bond donors (Lipinski definition) is 1. The van der Waals surface area contributed by atoms with Gasteiger partial charge in [0.2, 0.25) is 0 Å². The van der Waals surface area contributed by atoms with E-state index in [0.29, 0.717) is 33.5 Å². The third-order valence-corrected chi connectivity index (χ3v) is 7.62. The number of non-ortho nitro benzene ring substituents is 1. The second kappa shape index (κ2) is 12.7. The molecule has 10 nitrogen and oxygen atoms in total. The highest BCUT2D eigenvalue weighted by Crippen LogP contribution is 2.40. The Labute approximate surface area is 242 Å². The van der Waals surface area contributed by atoms with Crippen LogP contribution in [0.25, 0.3) is 0 Å². The molecule has 1 N–H and O–H groups in total. The number of nitrogens with one attached hydrogen (secondary N) is 1. The van der Waals surface area contributed by atoms with Crippen LogP contribution in [0.5, 0.6) is 0 Å². The molecule has 2 aromatic rings. The SMILES string of the molecule is COC(=O)C1=C(C)NC(C)=C(C(=O)OCCN2CCN(c3cc(Cl)ccc3Cl)CC2)C1c1cccc([N+](=O)[O-])c1. The van der Waals surface area contributed by atoms with E-state index >= 15 is 0 Å². The Morgan fingerprint density at radius 1 is 1.02 bits per heavy atom. The maximum Gasteiger partial charge on any atom is 0.336 e. The number of benzene rings is 2. The highest BCUT2D eigenvalue weighted by molar-refractivity contribution is 6.35. The Balaban J connectivity index is 1.46. The first-order valence-corrected chi connectivity index (χ1v) is 13.5. The van der Waals surface area contributed by atoms with Gasteiger partial charge in [-0.05, 0) is 37.6 Å². The first-order valence-electron chi connectivity index (χ1n) is 12.7. The number of anilines is 1. The van der Waals surface area contributed by atoms with Crippen LogP contribution in [0.15, 0.2) is 65.0 Å². The predicted molar refractivity (Wildman–Crippen MR) is 152 cm³/mol.